The monoisotopic (exact) mass is 343 g/mol. The van der Waals surface area contributed by atoms with Gasteiger partial charge in [-0.25, -0.2) is 0 Å². The number of hydrogen-bond acceptors (Lipinski definition) is 2. The molecule has 4 nitrogen and oxygen atoms in total. The van der Waals surface area contributed by atoms with Crippen LogP contribution in [0.3, 0.4) is 0 Å². The van der Waals surface area contributed by atoms with Gasteiger partial charge in [0.1, 0.15) is 0 Å². The zero-order valence-electron chi connectivity index (χ0n) is 13.2. The van der Waals surface area contributed by atoms with Gasteiger partial charge in [0, 0.05) is 19.5 Å². The number of aliphatic carboxylic acids is 1. The quantitative estimate of drug-likeness (QED) is 0.912. The largest absolute Gasteiger partial charge is 0.481 e. The Labute approximate surface area is 138 Å². The smallest absolute Gasteiger partial charge is 0.416 e. The van der Waals surface area contributed by atoms with Crippen LogP contribution in [0.25, 0.3) is 0 Å². The van der Waals surface area contributed by atoms with Crippen molar-refractivity contribution in [1.29, 1.82) is 0 Å². The van der Waals surface area contributed by atoms with E-state index in [1.807, 2.05) is 0 Å². The molecule has 1 aliphatic heterocycles. The lowest BCUT2D eigenvalue weighted by Gasteiger charge is -2.20. The molecule has 1 heterocycles. The van der Waals surface area contributed by atoms with E-state index in [0.717, 1.165) is 25.0 Å². The van der Waals surface area contributed by atoms with Gasteiger partial charge in [-0.2, -0.15) is 13.2 Å². The Bertz CT molecular complexity index is 584. The van der Waals surface area contributed by atoms with Crippen LogP contribution in [0.15, 0.2) is 24.3 Å². The Morgan fingerprint density at radius 1 is 1.12 bits per heavy atom. The van der Waals surface area contributed by atoms with E-state index in [9.17, 15) is 22.8 Å². The zero-order chi connectivity index (χ0) is 17.7. The zero-order valence-corrected chi connectivity index (χ0v) is 13.2. The summed E-state index contributed by atoms with van der Waals surface area (Å²) < 4.78 is 37.6. The third-order valence-electron chi connectivity index (χ3n) is 4.30. The van der Waals surface area contributed by atoms with Gasteiger partial charge in [-0.05, 0) is 42.9 Å². The van der Waals surface area contributed by atoms with E-state index in [1.165, 1.54) is 12.1 Å². The van der Waals surface area contributed by atoms with Gasteiger partial charge in [0.05, 0.1) is 12.0 Å². The molecule has 0 bridgehead atoms. The maximum atomic E-state index is 12.5. The van der Waals surface area contributed by atoms with E-state index in [4.69, 9.17) is 5.11 Å². The second-order valence-corrected chi connectivity index (χ2v) is 6.15. The first-order chi connectivity index (χ1) is 11.3. The summed E-state index contributed by atoms with van der Waals surface area (Å²) in [5, 5.41) is 8.85. The van der Waals surface area contributed by atoms with Crippen molar-refractivity contribution in [2.75, 3.05) is 13.1 Å². The summed E-state index contributed by atoms with van der Waals surface area (Å²) in [7, 11) is 0. The van der Waals surface area contributed by atoms with Crippen LogP contribution in [0.1, 0.15) is 36.8 Å². The second-order valence-electron chi connectivity index (χ2n) is 6.15. The van der Waals surface area contributed by atoms with Crippen LogP contribution in [0, 0.1) is 5.92 Å². The van der Waals surface area contributed by atoms with Crippen molar-refractivity contribution >= 4 is 11.9 Å². The molecule has 1 N–H and O–H groups in total. The predicted octanol–water partition coefficient (Wildman–Crippen LogP) is 3.35. The fraction of sp³-hybridized carbons (Fsp3) is 0.529. The maximum Gasteiger partial charge on any atom is 0.416 e. The molecule has 0 unspecified atom stereocenters. The number of amides is 1. The molecule has 1 fully saturated rings. The summed E-state index contributed by atoms with van der Waals surface area (Å²) in [5.41, 5.74) is -0.190. The number of benzene rings is 1. The predicted molar refractivity (Wildman–Crippen MR) is 81.3 cm³/mol. The van der Waals surface area contributed by atoms with Crippen molar-refractivity contribution in [3.63, 3.8) is 0 Å². The number of carbonyl (C=O) groups is 2. The molecule has 0 spiro atoms. The topological polar surface area (TPSA) is 57.6 Å². The van der Waals surface area contributed by atoms with Crippen molar-refractivity contribution < 1.29 is 27.9 Å². The Hall–Kier alpha value is -2.05. The van der Waals surface area contributed by atoms with Gasteiger partial charge in [-0.15, -0.1) is 0 Å². The summed E-state index contributed by atoms with van der Waals surface area (Å²) in [6, 6.07) is 4.61. The molecule has 1 amide bonds. The number of carbonyl (C=O) groups excluding carboxylic acids is 1. The summed E-state index contributed by atoms with van der Waals surface area (Å²) >= 11 is 0. The fourth-order valence-electron chi connectivity index (χ4n) is 2.96. The van der Waals surface area contributed by atoms with Crippen LogP contribution in [-0.4, -0.2) is 35.0 Å². The summed E-state index contributed by atoms with van der Waals surface area (Å²) in [4.78, 5) is 24.8. The molecule has 7 heteroatoms. The van der Waals surface area contributed by atoms with Gasteiger partial charge in [0.15, 0.2) is 0 Å². The van der Waals surface area contributed by atoms with Gasteiger partial charge in [-0.3, -0.25) is 9.59 Å². The second kappa shape index (κ2) is 7.68. The number of rotatable bonds is 4. The first-order valence-electron chi connectivity index (χ1n) is 7.91. The highest BCUT2D eigenvalue weighted by Crippen LogP contribution is 2.29. The van der Waals surface area contributed by atoms with Gasteiger partial charge >= 0.3 is 12.1 Å². The lowest BCUT2D eigenvalue weighted by molar-refractivity contribution is -0.138. The van der Waals surface area contributed by atoms with E-state index < -0.39 is 17.7 Å². The third-order valence-corrected chi connectivity index (χ3v) is 4.30. The third kappa shape index (κ3) is 5.25. The summed E-state index contributed by atoms with van der Waals surface area (Å²) in [6.07, 6.45) is -2.05. The van der Waals surface area contributed by atoms with E-state index in [2.05, 4.69) is 0 Å². The Kier molecular flexibility index (Phi) is 5.85. The number of carboxylic acid groups (broad SMARTS) is 1. The van der Waals surface area contributed by atoms with E-state index >= 15 is 0 Å². The number of carboxylic acids is 1. The normalized spacial score (nSPS) is 19.0. The SMILES string of the molecule is O=C(O)C[C@@H]1CCCN(C(=O)Cc2ccc(C(F)(F)F)cc2)CC1. The number of nitrogens with zero attached hydrogens (tertiary/aromatic N) is 1. The Morgan fingerprint density at radius 3 is 2.38 bits per heavy atom. The number of halogens is 3. The average molecular weight is 343 g/mol. The van der Waals surface area contributed by atoms with Crippen LogP contribution >= 0.6 is 0 Å². The molecule has 0 radical (unpaired) electrons. The number of likely N-dealkylation sites (tertiary alicyclic amines) is 1. The fourth-order valence-corrected chi connectivity index (χ4v) is 2.96. The van der Waals surface area contributed by atoms with Crippen molar-refractivity contribution in [3.05, 3.63) is 35.4 Å². The lowest BCUT2D eigenvalue weighted by atomic mass is 9.97. The Balaban J connectivity index is 1.91. The van der Waals surface area contributed by atoms with Crippen LogP contribution < -0.4 is 0 Å². The van der Waals surface area contributed by atoms with Gasteiger partial charge < -0.3 is 10.0 Å². The highest BCUT2D eigenvalue weighted by atomic mass is 19.4. The van der Waals surface area contributed by atoms with E-state index in [-0.39, 0.29) is 24.7 Å². The first-order valence-corrected chi connectivity index (χ1v) is 7.91. The molecule has 132 valence electrons. The minimum absolute atomic E-state index is 0.0573. The van der Waals surface area contributed by atoms with Crippen molar-refractivity contribution in [2.24, 2.45) is 5.92 Å². The van der Waals surface area contributed by atoms with E-state index in [1.54, 1.807) is 4.90 Å². The molecule has 24 heavy (non-hydrogen) atoms. The lowest BCUT2D eigenvalue weighted by Crippen LogP contribution is -2.33. The van der Waals surface area contributed by atoms with Crippen molar-refractivity contribution in [1.82, 2.24) is 4.90 Å². The molecular weight excluding hydrogens is 323 g/mol. The maximum absolute atomic E-state index is 12.5. The Morgan fingerprint density at radius 2 is 1.79 bits per heavy atom. The number of hydrogen-bond donors (Lipinski definition) is 1. The molecule has 1 aliphatic rings. The van der Waals surface area contributed by atoms with Crippen LogP contribution in [0.4, 0.5) is 13.2 Å². The summed E-state index contributed by atoms with van der Waals surface area (Å²) in [5.74, 6) is -0.887. The van der Waals surface area contributed by atoms with Crippen LogP contribution in [0.5, 0.6) is 0 Å². The summed E-state index contributed by atoms with van der Waals surface area (Å²) in [6.45, 7) is 1.06. The highest BCUT2D eigenvalue weighted by Gasteiger charge is 2.30. The molecule has 1 aromatic carbocycles. The highest BCUT2D eigenvalue weighted by molar-refractivity contribution is 5.78. The molecular formula is C17H20F3NO3. The van der Waals surface area contributed by atoms with Gasteiger partial charge in [-0.1, -0.05) is 12.1 Å². The van der Waals surface area contributed by atoms with Gasteiger partial charge in [0.25, 0.3) is 0 Å². The van der Waals surface area contributed by atoms with E-state index in [0.29, 0.717) is 25.1 Å². The number of alkyl halides is 3. The minimum atomic E-state index is -4.38. The van der Waals surface area contributed by atoms with Crippen LogP contribution in [-0.2, 0) is 22.2 Å². The average Bonchev–Trinajstić information content (AvgIpc) is 2.72. The standard InChI is InChI=1S/C17H20F3NO3/c18-17(19,20)14-5-3-13(4-6-14)10-15(22)21-8-1-2-12(7-9-21)11-16(23)24/h3-6,12H,1-2,7-11H2,(H,23,24)/t12-/m1/s1. The van der Waals surface area contributed by atoms with Gasteiger partial charge in [0.2, 0.25) is 5.91 Å². The molecule has 0 aromatic heterocycles. The molecule has 0 saturated carbocycles. The minimum Gasteiger partial charge on any atom is -0.481 e. The first kappa shape index (κ1) is 18.3. The molecule has 1 saturated heterocycles. The molecule has 1 aromatic rings. The van der Waals surface area contributed by atoms with Crippen molar-refractivity contribution in [2.45, 2.75) is 38.3 Å². The van der Waals surface area contributed by atoms with Crippen LogP contribution in [0.2, 0.25) is 0 Å². The molecule has 1 atom stereocenters. The van der Waals surface area contributed by atoms with Crippen molar-refractivity contribution in [3.8, 4) is 0 Å². The molecule has 2 rings (SSSR count). The molecule has 0 aliphatic carbocycles.